The third-order valence-electron chi connectivity index (χ3n) is 3.06. The van der Waals surface area contributed by atoms with Gasteiger partial charge in [0, 0.05) is 0 Å². The van der Waals surface area contributed by atoms with E-state index in [9.17, 15) is 27.2 Å². The molecule has 1 rings (SSSR count). The lowest BCUT2D eigenvalue weighted by molar-refractivity contribution is -0.184. The third kappa shape index (κ3) is 3.68. The largest absolute Gasteiger partial charge is 0.481 e. The Labute approximate surface area is 106 Å². The molecule has 8 heteroatoms. The predicted molar refractivity (Wildman–Crippen MR) is 54.6 cm³/mol. The number of ether oxygens (including phenoxy) is 1. The summed E-state index contributed by atoms with van der Waals surface area (Å²) in [5.41, 5.74) is -0.743. The molecule has 1 aliphatic carbocycles. The summed E-state index contributed by atoms with van der Waals surface area (Å²) in [6.45, 7) is 1.23. The van der Waals surface area contributed by atoms with Crippen LogP contribution < -0.4 is 0 Å². The molecule has 108 valence electrons. The molecule has 0 bridgehead atoms. The smallest absolute Gasteiger partial charge is 0.422 e. The minimum atomic E-state index is -4.74. The summed E-state index contributed by atoms with van der Waals surface area (Å²) in [7, 11) is 0. The normalized spacial score (nSPS) is 25.9. The fourth-order valence-electron chi connectivity index (χ4n) is 1.90. The first-order valence-corrected chi connectivity index (χ1v) is 5.31. The first kappa shape index (κ1) is 15.5. The number of carboxylic acids is 1. The number of carbonyl (C=O) groups excluding carboxylic acids is 1. The highest BCUT2D eigenvalue weighted by atomic mass is 19.4. The third-order valence-corrected chi connectivity index (χ3v) is 3.06. The number of hydrogen-bond acceptors (Lipinski definition) is 3. The second kappa shape index (κ2) is 4.82. The highest BCUT2D eigenvalue weighted by molar-refractivity contribution is 5.86. The first-order chi connectivity index (χ1) is 8.47. The number of hydrogen-bond donors (Lipinski definition) is 1. The Morgan fingerprint density at radius 3 is 2.26 bits per heavy atom. The first-order valence-electron chi connectivity index (χ1n) is 5.31. The topological polar surface area (TPSA) is 63.6 Å². The van der Waals surface area contributed by atoms with Crippen molar-refractivity contribution in [2.75, 3.05) is 6.61 Å². The average molecular weight is 284 g/mol. The molecule has 0 aromatic heterocycles. The molecule has 1 fully saturated rings. The van der Waals surface area contributed by atoms with E-state index in [1.54, 1.807) is 13.8 Å². The SMILES string of the molecule is CC1(C)[C@H](C(=O)O)[C@@H]1/C=C(/F)C(=O)OCC(F)(F)F. The van der Waals surface area contributed by atoms with Crippen molar-refractivity contribution in [1.82, 2.24) is 0 Å². The molecular formula is C11H12F4O4. The molecule has 1 N–H and O–H groups in total. The molecule has 0 aliphatic heterocycles. The van der Waals surface area contributed by atoms with E-state index >= 15 is 0 Å². The van der Waals surface area contributed by atoms with Crippen molar-refractivity contribution in [3.8, 4) is 0 Å². The maximum absolute atomic E-state index is 13.3. The standard InChI is InChI=1S/C11H12F4O4/c1-10(2)5(7(10)8(16)17)3-6(12)9(18)19-4-11(13,14)15/h3,5,7H,4H2,1-2H3,(H,16,17)/b6-3+/t5-,7-/m0/s1. The Kier molecular flexibility index (Phi) is 3.92. The lowest BCUT2D eigenvalue weighted by Gasteiger charge is -2.06. The minimum absolute atomic E-state index is 0.706. The number of rotatable bonds is 4. The number of halogens is 4. The van der Waals surface area contributed by atoms with Crippen LogP contribution in [0.4, 0.5) is 17.6 Å². The Hall–Kier alpha value is -1.60. The molecule has 1 aliphatic rings. The summed E-state index contributed by atoms with van der Waals surface area (Å²) < 4.78 is 52.2. The molecule has 2 atom stereocenters. The molecule has 0 unspecified atom stereocenters. The maximum Gasteiger partial charge on any atom is 0.422 e. The second-order valence-corrected chi connectivity index (χ2v) is 4.87. The number of alkyl halides is 3. The van der Waals surface area contributed by atoms with Crippen LogP contribution in [-0.4, -0.2) is 29.8 Å². The van der Waals surface area contributed by atoms with E-state index < -0.39 is 47.8 Å². The Balaban J connectivity index is 2.64. The van der Waals surface area contributed by atoms with Gasteiger partial charge in [0.05, 0.1) is 5.92 Å². The van der Waals surface area contributed by atoms with Gasteiger partial charge in [-0.2, -0.15) is 17.6 Å². The van der Waals surface area contributed by atoms with E-state index in [4.69, 9.17) is 5.11 Å². The van der Waals surface area contributed by atoms with Crippen LogP contribution >= 0.6 is 0 Å². The van der Waals surface area contributed by atoms with Crippen LogP contribution in [0.5, 0.6) is 0 Å². The lowest BCUT2D eigenvalue weighted by atomic mass is 10.1. The number of carboxylic acid groups (broad SMARTS) is 1. The van der Waals surface area contributed by atoms with Gasteiger partial charge in [-0.15, -0.1) is 0 Å². The maximum atomic E-state index is 13.3. The van der Waals surface area contributed by atoms with Gasteiger partial charge in [0.25, 0.3) is 0 Å². The summed E-state index contributed by atoms with van der Waals surface area (Å²) in [4.78, 5) is 21.7. The average Bonchev–Trinajstić information content (AvgIpc) is 2.75. The molecule has 19 heavy (non-hydrogen) atoms. The molecular weight excluding hydrogens is 272 g/mol. The second-order valence-electron chi connectivity index (χ2n) is 4.87. The van der Waals surface area contributed by atoms with Crippen molar-refractivity contribution in [3.05, 3.63) is 11.9 Å². The van der Waals surface area contributed by atoms with Crippen molar-refractivity contribution in [3.63, 3.8) is 0 Å². The van der Waals surface area contributed by atoms with Crippen LogP contribution in [0.2, 0.25) is 0 Å². The van der Waals surface area contributed by atoms with Gasteiger partial charge in [-0.25, -0.2) is 4.79 Å². The summed E-state index contributed by atoms with van der Waals surface area (Å²) in [5.74, 6) is -6.02. The quantitative estimate of drug-likeness (QED) is 0.489. The zero-order valence-electron chi connectivity index (χ0n) is 10.1. The molecule has 0 amide bonds. The van der Waals surface area contributed by atoms with E-state index in [-0.39, 0.29) is 0 Å². The molecule has 0 radical (unpaired) electrons. The number of carbonyl (C=O) groups is 2. The van der Waals surface area contributed by atoms with Crippen molar-refractivity contribution >= 4 is 11.9 Å². The molecule has 0 aromatic rings. The fourth-order valence-corrected chi connectivity index (χ4v) is 1.90. The van der Waals surface area contributed by atoms with Gasteiger partial charge < -0.3 is 9.84 Å². The van der Waals surface area contributed by atoms with Gasteiger partial charge >= 0.3 is 18.1 Å². The van der Waals surface area contributed by atoms with Crippen molar-refractivity contribution in [2.45, 2.75) is 20.0 Å². The van der Waals surface area contributed by atoms with E-state index in [1.807, 2.05) is 0 Å². The zero-order valence-corrected chi connectivity index (χ0v) is 10.1. The predicted octanol–water partition coefficient (Wildman–Crippen LogP) is 2.30. The number of esters is 1. The van der Waals surface area contributed by atoms with Crippen molar-refractivity contribution in [2.24, 2.45) is 17.3 Å². The summed E-state index contributed by atoms with van der Waals surface area (Å²) in [6.07, 6.45) is -4.03. The molecule has 4 nitrogen and oxygen atoms in total. The Morgan fingerprint density at radius 1 is 1.37 bits per heavy atom. The fraction of sp³-hybridized carbons (Fsp3) is 0.636. The van der Waals surface area contributed by atoms with E-state index in [2.05, 4.69) is 4.74 Å². The van der Waals surface area contributed by atoms with Crippen LogP contribution in [0, 0.1) is 17.3 Å². The van der Waals surface area contributed by atoms with Gasteiger partial charge in [0.15, 0.2) is 6.61 Å². The number of allylic oxidation sites excluding steroid dienone is 1. The zero-order chi connectivity index (χ0) is 15.0. The molecule has 0 heterocycles. The van der Waals surface area contributed by atoms with E-state index in [1.165, 1.54) is 0 Å². The van der Waals surface area contributed by atoms with Gasteiger partial charge in [-0.05, 0) is 17.4 Å². The van der Waals surface area contributed by atoms with E-state index in [0.29, 0.717) is 6.08 Å². The van der Waals surface area contributed by atoms with Crippen LogP contribution in [0.1, 0.15) is 13.8 Å². The molecule has 1 saturated carbocycles. The summed E-state index contributed by atoms with van der Waals surface area (Å²) in [5, 5.41) is 8.80. The van der Waals surface area contributed by atoms with Gasteiger partial charge in [0.1, 0.15) is 0 Å². The lowest BCUT2D eigenvalue weighted by Crippen LogP contribution is -2.20. The van der Waals surface area contributed by atoms with E-state index in [0.717, 1.165) is 0 Å². The highest BCUT2D eigenvalue weighted by Gasteiger charge is 2.61. The van der Waals surface area contributed by atoms with Crippen LogP contribution in [0.15, 0.2) is 11.9 Å². The van der Waals surface area contributed by atoms with Gasteiger partial charge in [-0.1, -0.05) is 13.8 Å². The monoisotopic (exact) mass is 284 g/mol. The van der Waals surface area contributed by atoms with Gasteiger partial charge in [-0.3, -0.25) is 4.79 Å². The highest BCUT2D eigenvalue weighted by Crippen LogP contribution is 2.59. The van der Waals surface area contributed by atoms with Crippen molar-refractivity contribution in [1.29, 1.82) is 0 Å². The van der Waals surface area contributed by atoms with Gasteiger partial charge in [0.2, 0.25) is 5.83 Å². The molecule has 0 aromatic carbocycles. The Morgan fingerprint density at radius 2 is 1.89 bits per heavy atom. The van der Waals surface area contributed by atoms with Crippen LogP contribution in [-0.2, 0) is 14.3 Å². The summed E-state index contributed by atoms with van der Waals surface area (Å²) >= 11 is 0. The molecule has 0 spiro atoms. The van der Waals surface area contributed by atoms with Crippen molar-refractivity contribution < 1.29 is 37.0 Å². The summed E-state index contributed by atoms with van der Waals surface area (Å²) in [6, 6.07) is 0. The van der Waals surface area contributed by atoms with Crippen LogP contribution in [0.25, 0.3) is 0 Å². The number of aliphatic carboxylic acids is 1. The van der Waals surface area contributed by atoms with Crippen LogP contribution in [0.3, 0.4) is 0 Å². The Bertz CT molecular complexity index is 425. The minimum Gasteiger partial charge on any atom is -0.481 e. The molecule has 0 saturated heterocycles.